The van der Waals surface area contributed by atoms with E-state index in [4.69, 9.17) is 0 Å². The van der Waals surface area contributed by atoms with Crippen LogP contribution in [0.15, 0.2) is 30.6 Å². The molecule has 4 rings (SSSR count). The number of benzene rings is 1. The van der Waals surface area contributed by atoms with E-state index in [2.05, 4.69) is 32.6 Å². The van der Waals surface area contributed by atoms with Gasteiger partial charge in [0.2, 0.25) is 11.6 Å². The van der Waals surface area contributed by atoms with Gasteiger partial charge in [0.1, 0.15) is 0 Å². The smallest absolute Gasteiger partial charge is 0.414 e. The molecule has 3 aromatic rings. The molecule has 1 aliphatic rings. The van der Waals surface area contributed by atoms with Crippen LogP contribution in [-0.2, 0) is 12.8 Å². The van der Waals surface area contributed by atoms with Gasteiger partial charge in [-0.05, 0) is 56.4 Å². The molecule has 8 heteroatoms. The Morgan fingerprint density at radius 3 is 2.85 bits per heavy atom. The minimum absolute atomic E-state index is 0.252. The van der Waals surface area contributed by atoms with Crippen molar-refractivity contribution in [3.8, 4) is 0 Å². The van der Waals surface area contributed by atoms with Crippen LogP contribution < -0.4 is 10.2 Å². The van der Waals surface area contributed by atoms with Gasteiger partial charge in [-0.25, -0.2) is 14.7 Å². The Kier molecular flexibility index (Phi) is 3.95. The number of carboxylic acid groups (broad SMARTS) is 1. The lowest BCUT2D eigenvalue weighted by molar-refractivity contribution is 0.199. The highest BCUT2D eigenvalue weighted by atomic mass is 16.4. The van der Waals surface area contributed by atoms with Crippen LogP contribution in [-0.4, -0.2) is 36.8 Å². The number of rotatable bonds is 4. The summed E-state index contributed by atoms with van der Waals surface area (Å²) in [6.45, 7) is 3.58. The predicted octanol–water partition coefficient (Wildman–Crippen LogP) is 3.25. The minimum Gasteiger partial charge on any atom is -0.465 e. The van der Waals surface area contributed by atoms with Crippen molar-refractivity contribution in [3.63, 3.8) is 0 Å². The number of amides is 1. The van der Waals surface area contributed by atoms with E-state index in [0.717, 1.165) is 18.5 Å². The molecule has 0 spiro atoms. The van der Waals surface area contributed by atoms with Crippen LogP contribution in [0.2, 0.25) is 0 Å². The number of nitrogens with zero attached hydrogens (tertiary/aromatic N) is 5. The lowest BCUT2D eigenvalue weighted by Crippen LogP contribution is -2.37. The second kappa shape index (κ2) is 6.29. The molecule has 2 N–H and O–H groups in total. The van der Waals surface area contributed by atoms with E-state index < -0.39 is 6.09 Å². The summed E-state index contributed by atoms with van der Waals surface area (Å²) in [5.74, 6) is 0.792. The van der Waals surface area contributed by atoms with Crippen LogP contribution in [0.3, 0.4) is 0 Å². The molecular formula is C18H20N6O2. The van der Waals surface area contributed by atoms with E-state index in [0.29, 0.717) is 11.5 Å². The maximum absolute atomic E-state index is 11.6. The normalized spacial score (nSPS) is 13.2. The Labute approximate surface area is 150 Å². The van der Waals surface area contributed by atoms with E-state index in [1.54, 1.807) is 30.6 Å². The third kappa shape index (κ3) is 2.73. The number of aryl methyl sites for hydroxylation is 2. The van der Waals surface area contributed by atoms with E-state index in [-0.39, 0.29) is 12.0 Å². The fraction of sp³-hybridized carbons (Fsp3) is 0.333. The summed E-state index contributed by atoms with van der Waals surface area (Å²) >= 11 is 0. The van der Waals surface area contributed by atoms with Gasteiger partial charge >= 0.3 is 6.09 Å². The fourth-order valence-corrected chi connectivity index (χ4v) is 3.39. The molecule has 0 saturated carbocycles. The maximum atomic E-state index is 11.6. The van der Waals surface area contributed by atoms with E-state index >= 15 is 0 Å². The quantitative estimate of drug-likeness (QED) is 0.748. The van der Waals surface area contributed by atoms with Crippen molar-refractivity contribution in [2.24, 2.45) is 0 Å². The molecule has 8 nitrogen and oxygen atoms in total. The molecule has 0 unspecified atom stereocenters. The Hall–Kier alpha value is -3.16. The van der Waals surface area contributed by atoms with Gasteiger partial charge < -0.3 is 10.4 Å². The first-order valence-corrected chi connectivity index (χ1v) is 8.65. The molecule has 1 amide bonds. The van der Waals surface area contributed by atoms with Gasteiger partial charge in [0.05, 0.1) is 0 Å². The lowest BCUT2D eigenvalue weighted by Gasteiger charge is -2.20. The molecule has 0 radical (unpaired) electrons. The molecule has 134 valence electrons. The highest BCUT2D eigenvalue weighted by Crippen LogP contribution is 2.28. The van der Waals surface area contributed by atoms with Crippen molar-refractivity contribution >= 4 is 29.2 Å². The first-order chi connectivity index (χ1) is 12.5. The van der Waals surface area contributed by atoms with Gasteiger partial charge in [-0.3, -0.25) is 4.40 Å². The summed E-state index contributed by atoms with van der Waals surface area (Å²) in [5.41, 5.74) is 4.19. The standard InChI is InChI=1S/C18H20N6O2/c1-11(2)24(18(25)26)17-22-21-16-15(19-8-9-23(16)17)20-14-7-6-12-4-3-5-13(12)10-14/h6-11H,3-5H2,1-2H3,(H,19,20)(H,25,26). The van der Waals surface area contributed by atoms with Gasteiger partial charge in [0.15, 0.2) is 5.82 Å². The molecule has 2 heterocycles. The van der Waals surface area contributed by atoms with Crippen LogP contribution in [0.5, 0.6) is 0 Å². The summed E-state index contributed by atoms with van der Waals surface area (Å²) in [4.78, 5) is 17.1. The zero-order valence-corrected chi connectivity index (χ0v) is 14.7. The van der Waals surface area contributed by atoms with Crippen LogP contribution in [0.4, 0.5) is 22.2 Å². The van der Waals surface area contributed by atoms with E-state index in [1.165, 1.54) is 22.4 Å². The topological polar surface area (TPSA) is 95.7 Å². The first kappa shape index (κ1) is 16.3. The zero-order chi connectivity index (χ0) is 18.3. The third-order valence-corrected chi connectivity index (χ3v) is 4.61. The van der Waals surface area contributed by atoms with Crippen molar-refractivity contribution in [3.05, 3.63) is 41.7 Å². The number of hydrogen-bond donors (Lipinski definition) is 2. The van der Waals surface area contributed by atoms with Gasteiger partial charge in [0, 0.05) is 24.1 Å². The average Bonchev–Trinajstić information content (AvgIpc) is 3.22. The number of carbonyl (C=O) groups is 1. The molecule has 2 aromatic heterocycles. The monoisotopic (exact) mass is 352 g/mol. The van der Waals surface area contributed by atoms with Crippen LogP contribution in [0, 0.1) is 0 Å². The molecule has 0 bridgehead atoms. The second-order valence-electron chi connectivity index (χ2n) is 6.68. The summed E-state index contributed by atoms with van der Waals surface area (Å²) in [6.07, 6.45) is 5.63. The van der Waals surface area contributed by atoms with Crippen molar-refractivity contribution in [2.45, 2.75) is 39.2 Å². The lowest BCUT2D eigenvalue weighted by atomic mass is 10.1. The number of nitrogens with one attached hydrogen (secondary N) is 1. The van der Waals surface area contributed by atoms with Gasteiger partial charge in [-0.15, -0.1) is 10.2 Å². The van der Waals surface area contributed by atoms with E-state index in [9.17, 15) is 9.90 Å². The second-order valence-corrected chi connectivity index (χ2v) is 6.68. The van der Waals surface area contributed by atoms with Crippen LogP contribution >= 0.6 is 0 Å². The van der Waals surface area contributed by atoms with Crippen LogP contribution in [0.25, 0.3) is 5.65 Å². The summed E-state index contributed by atoms with van der Waals surface area (Å²) in [5, 5.41) is 21.0. The number of anilines is 3. The molecule has 0 aliphatic heterocycles. The molecular weight excluding hydrogens is 332 g/mol. The Morgan fingerprint density at radius 1 is 1.27 bits per heavy atom. The summed E-state index contributed by atoms with van der Waals surface area (Å²) < 4.78 is 1.64. The number of fused-ring (bicyclic) bond motifs is 2. The summed E-state index contributed by atoms with van der Waals surface area (Å²) in [7, 11) is 0. The zero-order valence-electron chi connectivity index (χ0n) is 14.7. The van der Waals surface area contributed by atoms with Crippen molar-refractivity contribution in [2.75, 3.05) is 10.2 Å². The molecule has 0 atom stereocenters. The molecule has 26 heavy (non-hydrogen) atoms. The molecule has 0 fully saturated rings. The minimum atomic E-state index is -1.07. The molecule has 1 aliphatic carbocycles. The SMILES string of the molecule is CC(C)N(C(=O)O)c1nnc2c(Nc3ccc4c(c3)CCC4)nccn12. The molecule has 1 aromatic carbocycles. The van der Waals surface area contributed by atoms with E-state index in [1.807, 2.05) is 6.07 Å². The average molecular weight is 352 g/mol. The predicted molar refractivity (Wildman–Crippen MR) is 98.2 cm³/mol. The Morgan fingerprint density at radius 2 is 2.08 bits per heavy atom. The molecule has 0 saturated heterocycles. The van der Waals surface area contributed by atoms with Gasteiger partial charge in [-0.1, -0.05) is 6.07 Å². The highest BCUT2D eigenvalue weighted by Gasteiger charge is 2.24. The Balaban J connectivity index is 1.72. The summed E-state index contributed by atoms with van der Waals surface area (Å²) in [6, 6.07) is 6.05. The van der Waals surface area contributed by atoms with Crippen LogP contribution in [0.1, 0.15) is 31.4 Å². The Bertz CT molecular complexity index is 981. The fourth-order valence-electron chi connectivity index (χ4n) is 3.39. The number of hydrogen-bond acceptors (Lipinski definition) is 5. The highest BCUT2D eigenvalue weighted by molar-refractivity contribution is 5.85. The largest absolute Gasteiger partial charge is 0.465 e. The van der Waals surface area contributed by atoms with Crippen molar-refractivity contribution < 1.29 is 9.90 Å². The van der Waals surface area contributed by atoms with Gasteiger partial charge in [0.25, 0.3) is 0 Å². The maximum Gasteiger partial charge on any atom is 0.414 e. The first-order valence-electron chi connectivity index (χ1n) is 8.65. The van der Waals surface area contributed by atoms with Gasteiger partial charge in [-0.2, -0.15) is 0 Å². The third-order valence-electron chi connectivity index (χ3n) is 4.61. The van der Waals surface area contributed by atoms with Crippen molar-refractivity contribution in [1.29, 1.82) is 0 Å². The number of aromatic nitrogens is 4. The van der Waals surface area contributed by atoms with Crippen molar-refractivity contribution in [1.82, 2.24) is 19.6 Å².